The number of aryl methyl sites for hydroxylation is 3. The van der Waals surface area contributed by atoms with Gasteiger partial charge in [-0.1, -0.05) is 42.0 Å². The van der Waals surface area contributed by atoms with E-state index in [9.17, 15) is 0 Å². The summed E-state index contributed by atoms with van der Waals surface area (Å²) in [5.74, 6) is 0. The minimum Gasteiger partial charge on any atom is -0.342 e. The molecule has 0 aliphatic carbocycles. The van der Waals surface area contributed by atoms with Crippen molar-refractivity contribution in [2.45, 2.75) is 27.3 Å². The summed E-state index contributed by atoms with van der Waals surface area (Å²) in [6.45, 7) is 7.02. The summed E-state index contributed by atoms with van der Waals surface area (Å²) in [7, 11) is 0. The van der Waals surface area contributed by atoms with Crippen LogP contribution >= 0.6 is 12.2 Å². The van der Waals surface area contributed by atoms with Crippen molar-refractivity contribution in [2.24, 2.45) is 5.10 Å². The van der Waals surface area contributed by atoms with E-state index in [0.29, 0.717) is 5.11 Å². The van der Waals surface area contributed by atoms with Crippen LogP contribution in [0.2, 0.25) is 0 Å². The molecule has 5 heteroatoms. The summed E-state index contributed by atoms with van der Waals surface area (Å²) in [5, 5.41) is 7.94. The van der Waals surface area contributed by atoms with Gasteiger partial charge >= 0.3 is 0 Å². The van der Waals surface area contributed by atoms with E-state index in [1.807, 2.05) is 19.1 Å². The molecule has 1 heterocycles. The maximum Gasteiger partial charge on any atom is 0.191 e. The lowest BCUT2D eigenvalue weighted by Gasteiger charge is -2.11. The summed E-state index contributed by atoms with van der Waals surface area (Å²) in [4.78, 5) is 0. The summed E-state index contributed by atoms with van der Waals surface area (Å²) >= 11 is 5.34. The Balaban J connectivity index is 1.61. The second-order valence-electron chi connectivity index (χ2n) is 6.69. The number of anilines is 1. The SMILES string of the molecule is Cc1cccc(Cn2cccc2/C=N\NC(=S)Nc2cc(C)ccc2C)c1. The van der Waals surface area contributed by atoms with Gasteiger partial charge in [-0.2, -0.15) is 5.10 Å². The zero-order chi connectivity index (χ0) is 19.2. The zero-order valence-electron chi connectivity index (χ0n) is 15.9. The molecule has 0 spiro atoms. The minimum atomic E-state index is 0.469. The van der Waals surface area contributed by atoms with Gasteiger partial charge in [0.25, 0.3) is 0 Å². The van der Waals surface area contributed by atoms with Crippen molar-refractivity contribution in [1.82, 2.24) is 9.99 Å². The van der Waals surface area contributed by atoms with E-state index < -0.39 is 0 Å². The van der Waals surface area contributed by atoms with Crippen LogP contribution in [0.3, 0.4) is 0 Å². The first-order valence-corrected chi connectivity index (χ1v) is 9.30. The molecule has 0 aliphatic heterocycles. The predicted octanol–water partition coefficient (Wildman–Crippen LogP) is 4.78. The Morgan fingerprint density at radius 1 is 1.04 bits per heavy atom. The predicted molar refractivity (Wildman–Crippen MR) is 118 cm³/mol. The van der Waals surface area contributed by atoms with Crippen molar-refractivity contribution in [3.05, 3.63) is 88.7 Å². The molecule has 0 amide bonds. The molecule has 3 rings (SSSR count). The van der Waals surface area contributed by atoms with E-state index in [0.717, 1.165) is 23.5 Å². The molecule has 0 fully saturated rings. The van der Waals surface area contributed by atoms with Crippen LogP contribution in [0.15, 0.2) is 65.9 Å². The minimum absolute atomic E-state index is 0.469. The molecule has 0 saturated carbocycles. The normalized spacial score (nSPS) is 10.9. The molecular weight excluding hydrogens is 352 g/mol. The third-order valence-corrected chi connectivity index (χ3v) is 4.50. The number of rotatable bonds is 5. The number of hydrogen-bond acceptors (Lipinski definition) is 2. The van der Waals surface area contributed by atoms with Crippen molar-refractivity contribution in [3.8, 4) is 0 Å². The molecule has 2 aromatic carbocycles. The first-order chi connectivity index (χ1) is 13.0. The van der Waals surface area contributed by atoms with Gasteiger partial charge in [0.1, 0.15) is 0 Å². The fourth-order valence-electron chi connectivity index (χ4n) is 2.87. The summed E-state index contributed by atoms with van der Waals surface area (Å²) in [6, 6.07) is 18.8. The maximum absolute atomic E-state index is 5.34. The molecule has 0 saturated heterocycles. The van der Waals surface area contributed by atoms with Crippen molar-refractivity contribution in [3.63, 3.8) is 0 Å². The standard InChI is InChI=1S/C22H24N4S/c1-16-6-4-7-19(12-16)15-26-11-5-8-20(26)14-23-25-22(27)24-21-13-17(2)9-10-18(21)3/h4-14H,15H2,1-3H3,(H2,24,25,27)/b23-14-. The van der Waals surface area contributed by atoms with E-state index in [-0.39, 0.29) is 0 Å². The monoisotopic (exact) mass is 376 g/mol. The lowest BCUT2D eigenvalue weighted by Crippen LogP contribution is -2.24. The first-order valence-electron chi connectivity index (χ1n) is 8.89. The molecular formula is C22H24N4S. The number of aromatic nitrogens is 1. The number of nitrogens with one attached hydrogen (secondary N) is 2. The molecule has 0 bridgehead atoms. The average molecular weight is 377 g/mol. The second-order valence-corrected chi connectivity index (χ2v) is 7.10. The number of benzene rings is 2. The molecule has 2 N–H and O–H groups in total. The molecule has 1 aromatic heterocycles. The van der Waals surface area contributed by atoms with Gasteiger partial charge in [-0.05, 0) is 67.9 Å². The van der Waals surface area contributed by atoms with Crippen LogP contribution in [0.25, 0.3) is 0 Å². The summed E-state index contributed by atoms with van der Waals surface area (Å²) in [6.07, 6.45) is 3.84. The van der Waals surface area contributed by atoms with Crippen LogP contribution in [-0.4, -0.2) is 15.9 Å². The highest BCUT2D eigenvalue weighted by Gasteiger charge is 2.02. The Kier molecular flexibility index (Phi) is 6.04. The molecule has 0 unspecified atom stereocenters. The second kappa shape index (κ2) is 8.64. The number of nitrogens with zero attached hydrogens (tertiary/aromatic N) is 2. The lowest BCUT2D eigenvalue weighted by atomic mass is 10.1. The maximum atomic E-state index is 5.34. The van der Waals surface area contributed by atoms with Crippen LogP contribution in [0, 0.1) is 20.8 Å². The fourth-order valence-corrected chi connectivity index (χ4v) is 3.04. The van der Waals surface area contributed by atoms with Crippen molar-refractivity contribution < 1.29 is 0 Å². The van der Waals surface area contributed by atoms with Gasteiger partial charge in [0, 0.05) is 18.4 Å². The first kappa shape index (κ1) is 18.9. The summed E-state index contributed by atoms with van der Waals surface area (Å²) in [5.41, 5.74) is 9.75. The van der Waals surface area contributed by atoms with E-state index in [4.69, 9.17) is 12.2 Å². The van der Waals surface area contributed by atoms with Gasteiger partial charge in [-0.3, -0.25) is 5.43 Å². The van der Waals surface area contributed by atoms with Gasteiger partial charge in [-0.15, -0.1) is 0 Å². The molecule has 0 atom stereocenters. The van der Waals surface area contributed by atoms with Crippen LogP contribution in [0.5, 0.6) is 0 Å². The number of thiocarbonyl (C=S) groups is 1. The fraction of sp³-hybridized carbons (Fsp3) is 0.182. The molecule has 0 radical (unpaired) electrons. The van der Waals surface area contributed by atoms with E-state index in [1.165, 1.54) is 16.7 Å². The summed E-state index contributed by atoms with van der Waals surface area (Å²) < 4.78 is 2.15. The van der Waals surface area contributed by atoms with Crippen LogP contribution in [-0.2, 0) is 6.54 Å². The Bertz CT molecular complexity index is 972. The van der Waals surface area contributed by atoms with Gasteiger partial charge in [-0.25, -0.2) is 0 Å². The number of hydrogen-bond donors (Lipinski definition) is 2. The van der Waals surface area contributed by atoms with Crippen molar-refractivity contribution in [2.75, 3.05) is 5.32 Å². The van der Waals surface area contributed by atoms with E-state index >= 15 is 0 Å². The van der Waals surface area contributed by atoms with Crippen LogP contribution < -0.4 is 10.7 Å². The highest BCUT2D eigenvalue weighted by molar-refractivity contribution is 7.80. The third kappa shape index (κ3) is 5.28. The molecule has 138 valence electrons. The zero-order valence-corrected chi connectivity index (χ0v) is 16.7. The molecule has 4 nitrogen and oxygen atoms in total. The topological polar surface area (TPSA) is 41.4 Å². The van der Waals surface area contributed by atoms with Gasteiger partial charge in [0.05, 0.1) is 11.9 Å². The molecule has 0 aliphatic rings. The molecule has 27 heavy (non-hydrogen) atoms. The van der Waals surface area contributed by atoms with Crippen molar-refractivity contribution >= 4 is 29.2 Å². The largest absolute Gasteiger partial charge is 0.342 e. The Morgan fingerprint density at radius 2 is 1.85 bits per heavy atom. The van der Waals surface area contributed by atoms with Gasteiger partial charge < -0.3 is 9.88 Å². The molecule has 3 aromatic rings. The quantitative estimate of drug-likeness (QED) is 0.382. The Morgan fingerprint density at radius 3 is 2.67 bits per heavy atom. The van der Waals surface area contributed by atoms with Crippen molar-refractivity contribution in [1.29, 1.82) is 0 Å². The highest BCUT2D eigenvalue weighted by Crippen LogP contribution is 2.16. The Labute approximate surface area is 165 Å². The van der Waals surface area contributed by atoms with E-state index in [2.05, 4.69) is 82.9 Å². The Hall–Kier alpha value is -2.92. The smallest absolute Gasteiger partial charge is 0.191 e. The highest BCUT2D eigenvalue weighted by atomic mass is 32.1. The number of hydrazone groups is 1. The van der Waals surface area contributed by atoms with Gasteiger partial charge in [0.15, 0.2) is 5.11 Å². The average Bonchev–Trinajstić information content (AvgIpc) is 3.05. The van der Waals surface area contributed by atoms with E-state index in [1.54, 1.807) is 6.21 Å². The van der Waals surface area contributed by atoms with Crippen LogP contribution in [0.1, 0.15) is 27.9 Å². The third-order valence-electron chi connectivity index (χ3n) is 4.30. The lowest BCUT2D eigenvalue weighted by molar-refractivity contribution is 0.798. The van der Waals surface area contributed by atoms with Crippen LogP contribution in [0.4, 0.5) is 5.69 Å². The van der Waals surface area contributed by atoms with Gasteiger partial charge in [0.2, 0.25) is 0 Å².